The van der Waals surface area contributed by atoms with E-state index in [0.717, 1.165) is 25.9 Å². The molecule has 20 nitrogen and oxygen atoms in total. The lowest BCUT2D eigenvalue weighted by Gasteiger charge is -2.37. The molecule has 0 saturated carbocycles. The molecule has 4 aromatic heterocycles. The number of amides is 2. The molecule has 0 bridgehead atoms. The molecule has 8 rings (SSSR count). The van der Waals surface area contributed by atoms with E-state index in [1.54, 1.807) is 42.5 Å². The van der Waals surface area contributed by atoms with E-state index in [0.29, 0.717) is 75.8 Å². The number of likely N-dealkylation sites (N-methyl/N-ethyl adjacent to an activating group) is 1. The molecule has 2 saturated heterocycles. The molecule has 6 heterocycles. The number of H-pyrrole nitrogens is 1. The molecule has 0 aliphatic carbocycles. The number of methoxy groups -OCH3 is 2. The molecular weight excluding hydrogens is 833 g/mol. The fourth-order valence-electron chi connectivity index (χ4n) is 8.10. The summed E-state index contributed by atoms with van der Waals surface area (Å²) >= 11 is 0. The van der Waals surface area contributed by atoms with Gasteiger partial charge in [-0.05, 0) is 101 Å². The number of nitrogens with one attached hydrogen (secondary N) is 5. The highest BCUT2D eigenvalue weighted by molar-refractivity contribution is 5.96. The van der Waals surface area contributed by atoms with Crippen LogP contribution in [0.3, 0.4) is 0 Å². The molecular formula is C45H50N14O6. The Kier molecular flexibility index (Phi) is 12.9. The molecule has 2 fully saturated rings. The predicted octanol–water partition coefficient (Wildman–Crippen LogP) is 3.72. The summed E-state index contributed by atoms with van der Waals surface area (Å²) < 4.78 is 12.6. The largest absolute Gasteiger partial charge is 0.495 e. The number of ether oxygens (including phenoxy) is 2. The van der Waals surface area contributed by atoms with Crippen LogP contribution in [-0.4, -0.2) is 128 Å². The molecule has 5 N–H and O–H groups in total. The van der Waals surface area contributed by atoms with Gasteiger partial charge in [0, 0.05) is 48.2 Å². The summed E-state index contributed by atoms with van der Waals surface area (Å²) in [5.41, 5.74) is 2.55. The first kappa shape index (κ1) is 44.0. The van der Waals surface area contributed by atoms with Crippen LogP contribution >= 0.6 is 0 Å². The third kappa shape index (κ3) is 9.53. The molecule has 2 amide bonds. The predicted molar refractivity (Wildman–Crippen MR) is 247 cm³/mol. The van der Waals surface area contributed by atoms with Gasteiger partial charge in [0.1, 0.15) is 33.9 Å². The zero-order chi connectivity index (χ0) is 45.8. The number of carbonyl (C=O) groups excluding carboxylic acids is 2. The fraction of sp³-hybridized carbons (Fsp3) is 0.333. The van der Waals surface area contributed by atoms with Crippen molar-refractivity contribution in [1.82, 2.24) is 60.3 Å². The lowest BCUT2D eigenvalue weighted by molar-refractivity contribution is 0.0872. The summed E-state index contributed by atoms with van der Waals surface area (Å²) in [6.45, 7) is 10.5. The molecule has 2 atom stereocenters. The lowest BCUT2D eigenvalue weighted by atomic mass is 9.97. The Hall–Kier alpha value is -7.58. The smallest absolute Gasteiger partial charge is 0.277 e. The summed E-state index contributed by atoms with van der Waals surface area (Å²) in [7, 11) is 7.07. The van der Waals surface area contributed by atoms with Crippen molar-refractivity contribution in [3.63, 3.8) is 0 Å². The highest BCUT2D eigenvalue weighted by atomic mass is 16.5. The number of likely N-dealkylation sites (tertiary alicyclic amines) is 2. The van der Waals surface area contributed by atoms with Gasteiger partial charge in [0.25, 0.3) is 22.9 Å². The summed E-state index contributed by atoms with van der Waals surface area (Å²) in [6, 6.07) is 9.87. The number of rotatable bonds is 14. The Morgan fingerprint density at radius 3 is 1.92 bits per heavy atom. The summed E-state index contributed by atoms with van der Waals surface area (Å²) in [5.74, 6) is 0.742. The molecule has 336 valence electrons. The SMILES string of the molecule is C=Cc1n[nH]c(=O)c2cnc(Nc3ccc(C(=O)NC4CCN(C)C(Cn5nc(C=C)c6nc(Nc7ccc(C(=O)NC8CCN(C)CC8)cc7OC)ncc6c5=O)C4)cc3OC)nc12. The van der Waals surface area contributed by atoms with Gasteiger partial charge < -0.3 is 40.5 Å². The number of hydrogen-bond donors (Lipinski definition) is 5. The number of benzene rings is 2. The van der Waals surface area contributed by atoms with E-state index in [9.17, 15) is 19.2 Å². The van der Waals surface area contributed by atoms with Crippen LogP contribution in [0.1, 0.15) is 57.8 Å². The number of carbonyl (C=O) groups is 2. The van der Waals surface area contributed by atoms with Crippen LogP contribution < -0.4 is 41.9 Å². The average Bonchev–Trinajstić information content (AvgIpc) is 3.32. The summed E-state index contributed by atoms with van der Waals surface area (Å²) in [5, 5.41) is 24.1. The van der Waals surface area contributed by atoms with Crippen molar-refractivity contribution in [1.29, 1.82) is 0 Å². The van der Waals surface area contributed by atoms with Crippen LogP contribution in [-0.2, 0) is 6.54 Å². The average molecular weight is 883 g/mol. The fourth-order valence-corrected chi connectivity index (χ4v) is 8.10. The van der Waals surface area contributed by atoms with Crippen molar-refractivity contribution in [2.75, 3.05) is 58.6 Å². The first-order chi connectivity index (χ1) is 31.4. The van der Waals surface area contributed by atoms with Gasteiger partial charge >= 0.3 is 0 Å². The lowest BCUT2D eigenvalue weighted by Crippen LogP contribution is -2.50. The van der Waals surface area contributed by atoms with Crippen molar-refractivity contribution >= 4 is 69.0 Å². The van der Waals surface area contributed by atoms with Gasteiger partial charge in [0.05, 0.1) is 42.9 Å². The molecule has 2 unspecified atom stereocenters. The van der Waals surface area contributed by atoms with Crippen LogP contribution in [0.4, 0.5) is 23.3 Å². The summed E-state index contributed by atoms with van der Waals surface area (Å²) in [4.78, 5) is 75.1. The number of nitrogens with zero attached hydrogens (tertiary/aromatic N) is 9. The highest BCUT2D eigenvalue weighted by Crippen LogP contribution is 2.30. The van der Waals surface area contributed by atoms with E-state index in [4.69, 9.17) is 9.47 Å². The van der Waals surface area contributed by atoms with Gasteiger partial charge in [-0.25, -0.2) is 29.7 Å². The van der Waals surface area contributed by atoms with Crippen molar-refractivity contribution < 1.29 is 19.1 Å². The minimum atomic E-state index is -0.422. The zero-order valence-electron chi connectivity index (χ0n) is 36.6. The first-order valence-electron chi connectivity index (χ1n) is 21.1. The molecule has 2 aliphatic rings. The quantitative estimate of drug-likeness (QED) is 0.105. The van der Waals surface area contributed by atoms with E-state index in [1.165, 1.54) is 37.4 Å². The van der Waals surface area contributed by atoms with Crippen molar-refractivity contribution in [2.24, 2.45) is 0 Å². The zero-order valence-corrected chi connectivity index (χ0v) is 36.6. The number of hydrogen-bond acceptors (Lipinski definition) is 16. The molecule has 0 spiro atoms. The number of aromatic amines is 1. The van der Waals surface area contributed by atoms with Crippen LogP contribution in [0.5, 0.6) is 11.5 Å². The van der Waals surface area contributed by atoms with Crippen LogP contribution in [0, 0.1) is 0 Å². The summed E-state index contributed by atoms with van der Waals surface area (Å²) in [6.07, 6.45) is 8.93. The third-order valence-corrected chi connectivity index (χ3v) is 11.9. The van der Waals surface area contributed by atoms with Crippen LogP contribution in [0.15, 0.2) is 71.5 Å². The second-order valence-corrected chi connectivity index (χ2v) is 16.1. The standard InChI is InChI=1S/C45H50N14O6/c1-7-32-38-30(42(62)55-54-32)22-46-44(52-38)50-34-12-10-26(20-37(34)65-6)41(61)49-28-15-18-58(4)29(21-28)24-59-43(63)31-23-47-45(53-39(31)33(8-2)56-59)51-35-11-9-25(19-36(35)64-5)40(60)48-27-13-16-57(3)17-14-27/h7-12,19-20,22-23,27-29H,1-2,13-18,21,24H2,3-6H3,(H,48,60)(H,49,61)(H,55,62)(H,46,50,52)(H,47,51,53). The first-order valence-corrected chi connectivity index (χ1v) is 21.1. The number of aromatic nitrogens is 8. The Labute approximate surface area is 373 Å². The topological polar surface area (TPSA) is 239 Å². The highest BCUT2D eigenvalue weighted by Gasteiger charge is 2.29. The number of piperidine rings is 2. The maximum Gasteiger partial charge on any atom is 0.277 e. The van der Waals surface area contributed by atoms with E-state index >= 15 is 0 Å². The normalized spacial score (nSPS) is 17.0. The van der Waals surface area contributed by atoms with Gasteiger partial charge in [0.15, 0.2) is 0 Å². The minimum Gasteiger partial charge on any atom is -0.495 e. The van der Waals surface area contributed by atoms with Gasteiger partial charge in [-0.2, -0.15) is 10.2 Å². The third-order valence-electron chi connectivity index (χ3n) is 11.9. The molecule has 2 aliphatic heterocycles. The Morgan fingerprint density at radius 2 is 1.34 bits per heavy atom. The molecule has 6 aromatic rings. The monoisotopic (exact) mass is 882 g/mol. The number of anilines is 4. The molecule has 0 radical (unpaired) electrons. The number of fused-ring (bicyclic) bond motifs is 2. The van der Waals surface area contributed by atoms with Crippen molar-refractivity contribution in [3.05, 3.63) is 105 Å². The van der Waals surface area contributed by atoms with Crippen molar-refractivity contribution in [2.45, 2.75) is 50.4 Å². The van der Waals surface area contributed by atoms with Crippen LogP contribution in [0.2, 0.25) is 0 Å². The van der Waals surface area contributed by atoms with Gasteiger partial charge in [-0.1, -0.05) is 13.2 Å². The van der Waals surface area contributed by atoms with E-state index in [-0.39, 0.29) is 64.7 Å². The Balaban J connectivity index is 0.930. The van der Waals surface area contributed by atoms with E-state index in [2.05, 4.69) is 86.5 Å². The maximum atomic E-state index is 13.9. The second-order valence-electron chi connectivity index (χ2n) is 16.1. The van der Waals surface area contributed by atoms with Gasteiger partial charge in [-0.15, -0.1) is 0 Å². The molecule has 65 heavy (non-hydrogen) atoms. The maximum absolute atomic E-state index is 13.9. The Bertz CT molecular complexity index is 2930. The van der Waals surface area contributed by atoms with Gasteiger partial charge in [-0.3, -0.25) is 19.2 Å². The van der Waals surface area contributed by atoms with Crippen LogP contribution in [0.25, 0.3) is 34.0 Å². The van der Waals surface area contributed by atoms with E-state index < -0.39 is 5.56 Å². The molecule has 20 heteroatoms. The van der Waals surface area contributed by atoms with E-state index in [1.807, 2.05) is 7.05 Å². The second kappa shape index (κ2) is 19.0. The Morgan fingerprint density at radius 1 is 0.785 bits per heavy atom. The minimum absolute atomic E-state index is 0.118. The van der Waals surface area contributed by atoms with Gasteiger partial charge in [0.2, 0.25) is 11.9 Å². The van der Waals surface area contributed by atoms with Crippen molar-refractivity contribution in [3.8, 4) is 11.5 Å². The molecule has 2 aromatic carbocycles.